The highest BCUT2D eigenvalue weighted by atomic mass is 32.1. The SMILES string of the molecule is CCc1c[c]c2c3c(C(N)=O)cccc3n(Cc3cccs3)c2c1. The van der Waals surface area contributed by atoms with Crippen LogP contribution in [-0.4, -0.2) is 10.5 Å². The molecule has 0 atom stereocenters. The number of nitrogens with two attached hydrogens (primary N) is 1. The van der Waals surface area contributed by atoms with Gasteiger partial charge in [0, 0.05) is 21.2 Å². The van der Waals surface area contributed by atoms with Crippen LogP contribution in [0.25, 0.3) is 21.8 Å². The Kier molecular flexibility index (Phi) is 3.62. The molecule has 2 heterocycles. The first-order chi connectivity index (χ1) is 11.7. The highest BCUT2D eigenvalue weighted by Crippen LogP contribution is 2.33. The second kappa shape index (κ2) is 5.80. The maximum Gasteiger partial charge on any atom is 0.249 e. The summed E-state index contributed by atoms with van der Waals surface area (Å²) in [6.45, 7) is 2.91. The fourth-order valence-corrected chi connectivity index (χ4v) is 3.93. The van der Waals surface area contributed by atoms with E-state index in [2.05, 4.69) is 47.2 Å². The van der Waals surface area contributed by atoms with Gasteiger partial charge in [-0.1, -0.05) is 25.1 Å². The molecular weight excluding hydrogens is 316 g/mol. The zero-order chi connectivity index (χ0) is 16.7. The molecule has 0 aliphatic carbocycles. The predicted octanol–water partition coefficient (Wildman–Crippen LogP) is 4.37. The number of primary amides is 1. The van der Waals surface area contributed by atoms with Crippen LogP contribution in [0, 0.1) is 6.07 Å². The molecule has 0 fully saturated rings. The zero-order valence-electron chi connectivity index (χ0n) is 13.4. The number of hydrogen-bond donors (Lipinski definition) is 1. The van der Waals surface area contributed by atoms with Gasteiger partial charge in [-0.2, -0.15) is 0 Å². The second-order valence-corrected chi connectivity index (χ2v) is 6.88. The molecule has 1 amide bonds. The quantitative estimate of drug-likeness (QED) is 0.592. The number of carbonyl (C=O) groups excluding carboxylic acids is 1. The van der Waals surface area contributed by atoms with Crippen LogP contribution in [0.5, 0.6) is 0 Å². The molecule has 0 saturated carbocycles. The van der Waals surface area contributed by atoms with E-state index in [1.165, 1.54) is 10.4 Å². The average molecular weight is 333 g/mol. The lowest BCUT2D eigenvalue weighted by Crippen LogP contribution is -2.11. The van der Waals surface area contributed by atoms with Gasteiger partial charge >= 0.3 is 0 Å². The van der Waals surface area contributed by atoms with E-state index in [0.29, 0.717) is 5.56 Å². The maximum atomic E-state index is 11.9. The molecule has 0 spiro atoms. The van der Waals surface area contributed by atoms with Crippen molar-refractivity contribution in [3.63, 3.8) is 0 Å². The topological polar surface area (TPSA) is 48.0 Å². The molecule has 4 heteroatoms. The number of benzene rings is 2. The lowest BCUT2D eigenvalue weighted by Gasteiger charge is -2.07. The van der Waals surface area contributed by atoms with Crippen LogP contribution in [0.1, 0.15) is 27.7 Å². The predicted molar refractivity (Wildman–Crippen MR) is 99.6 cm³/mol. The monoisotopic (exact) mass is 333 g/mol. The minimum absolute atomic E-state index is 0.399. The number of carbonyl (C=O) groups is 1. The summed E-state index contributed by atoms with van der Waals surface area (Å²) in [4.78, 5) is 13.2. The van der Waals surface area contributed by atoms with Gasteiger partial charge in [-0.15, -0.1) is 11.3 Å². The molecule has 0 unspecified atom stereocenters. The third-order valence-electron chi connectivity index (χ3n) is 4.42. The summed E-state index contributed by atoms with van der Waals surface area (Å²) in [7, 11) is 0. The van der Waals surface area contributed by atoms with Gasteiger partial charge in [-0.3, -0.25) is 4.79 Å². The van der Waals surface area contributed by atoms with E-state index in [0.717, 1.165) is 34.8 Å². The molecule has 3 nitrogen and oxygen atoms in total. The first-order valence-corrected chi connectivity index (χ1v) is 8.84. The van der Waals surface area contributed by atoms with E-state index in [1.54, 1.807) is 17.4 Å². The van der Waals surface area contributed by atoms with Crippen molar-refractivity contribution in [2.24, 2.45) is 5.73 Å². The summed E-state index contributed by atoms with van der Waals surface area (Å²) in [5.74, 6) is -0.399. The summed E-state index contributed by atoms with van der Waals surface area (Å²) >= 11 is 1.74. The molecular formula is C20H17N2OS. The van der Waals surface area contributed by atoms with Gasteiger partial charge in [0.05, 0.1) is 17.6 Å². The Balaban J connectivity index is 2.09. The number of fused-ring (bicyclic) bond motifs is 3. The minimum atomic E-state index is -0.399. The van der Waals surface area contributed by atoms with E-state index < -0.39 is 5.91 Å². The summed E-state index contributed by atoms with van der Waals surface area (Å²) in [5.41, 5.74) is 9.54. The lowest BCUT2D eigenvalue weighted by molar-refractivity contribution is 0.100. The number of hydrogen-bond acceptors (Lipinski definition) is 2. The van der Waals surface area contributed by atoms with Gasteiger partial charge in [-0.05, 0) is 47.7 Å². The number of rotatable bonds is 4. The molecule has 4 rings (SSSR count). The van der Waals surface area contributed by atoms with Crippen LogP contribution in [-0.2, 0) is 13.0 Å². The van der Waals surface area contributed by atoms with Gasteiger partial charge < -0.3 is 10.3 Å². The Bertz CT molecular complexity index is 1040. The highest BCUT2D eigenvalue weighted by molar-refractivity contribution is 7.09. The molecule has 2 aromatic carbocycles. The summed E-state index contributed by atoms with van der Waals surface area (Å²) in [6, 6.07) is 17.5. The van der Waals surface area contributed by atoms with Gasteiger partial charge in [0.25, 0.3) is 0 Å². The summed E-state index contributed by atoms with van der Waals surface area (Å²) < 4.78 is 2.26. The summed E-state index contributed by atoms with van der Waals surface area (Å²) in [5, 5.41) is 3.95. The lowest BCUT2D eigenvalue weighted by atomic mass is 10.0. The largest absolute Gasteiger partial charge is 0.366 e. The molecule has 1 radical (unpaired) electrons. The Labute approximate surface area is 144 Å². The van der Waals surface area contributed by atoms with E-state index in [9.17, 15) is 4.79 Å². The molecule has 0 aliphatic rings. The first-order valence-electron chi connectivity index (χ1n) is 7.96. The van der Waals surface area contributed by atoms with E-state index >= 15 is 0 Å². The molecule has 2 aromatic heterocycles. The van der Waals surface area contributed by atoms with E-state index in [4.69, 9.17) is 5.73 Å². The fraction of sp³-hybridized carbons (Fsp3) is 0.150. The van der Waals surface area contributed by atoms with Crippen LogP contribution in [0.3, 0.4) is 0 Å². The number of aryl methyl sites for hydroxylation is 1. The van der Waals surface area contributed by atoms with Gasteiger partial charge in [-0.25, -0.2) is 0 Å². The van der Waals surface area contributed by atoms with Crippen molar-refractivity contribution in [2.45, 2.75) is 19.9 Å². The van der Waals surface area contributed by atoms with Crippen molar-refractivity contribution in [1.82, 2.24) is 4.57 Å². The van der Waals surface area contributed by atoms with Crippen LogP contribution < -0.4 is 5.73 Å². The van der Waals surface area contributed by atoms with Crippen LogP contribution in [0.4, 0.5) is 0 Å². The molecule has 119 valence electrons. The Morgan fingerprint density at radius 3 is 2.83 bits per heavy atom. The number of nitrogens with zero attached hydrogens (tertiary/aromatic N) is 1. The van der Waals surface area contributed by atoms with Crippen LogP contribution in [0.2, 0.25) is 0 Å². The van der Waals surface area contributed by atoms with Crippen LogP contribution >= 0.6 is 11.3 Å². The number of aromatic nitrogens is 1. The highest BCUT2D eigenvalue weighted by Gasteiger charge is 2.17. The maximum absolute atomic E-state index is 11.9. The minimum Gasteiger partial charge on any atom is -0.366 e. The van der Waals surface area contributed by atoms with Crippen molar-refractivity contribution < 1.29 is 4.79 Å². The average Bonchev–Trinajstić information content (AvgIpc) is 3.21. The van der Waals surface area contributed by atoms with Crippen molar-refractivity contribution >= 4 is 39.0 Å². The number of amides is 1. The third kappa shape index (κ3) is 2.31. The molecule has 2 N–H and O–H groups in total. The molecule has 4 aromatic rings. The molecule has 24 heavy (non-hydrogen) atoms. The smallest absolute Gasteiger partial charge is 0.249 e. The molecule has 0 saturated heterocycles. The van der Waals surface area contributed by atoms with Gasteiger partial charge in [0.2, 0.25) is 5.91 Å². The van der Waals surface area contributed by atoms with E-state index in [-0.39, 0.29) is 0 Å². The first kappa shape index (κ1) is 15.0. The molecule has 0 aliphatic heterocycles. The summed E-state index contributed by atoms with van der Waals surface area (Å²) in [6.07, 6.45) is 0.954. The van der Waals surface area contributed by atoms with Gasteiger partial charge in [0.1, 0.15) is 0 Å². The van der Waals surface area contributed by atoms with Crippen LogP contribution in [0.15, 0.2) is 47.8 Å². The van der Waals surface area contributed by atoms with E-state index in [1.807, 2.05) is 12.1 Å². The van der Waals surface area contributed by atoms with Crippen molar-refractivity contribution in [2.75, 3.05) is 0 Å². The van der Waals surface area contributed by atoms with Crippen molar-refractivity contribution in [3.8, 4) is 0 Å². The zero-order valence-corrected chi connectivity index (χ0v) is 14.2. The normalized spacial score (nSPS) is 11.4. The standard InChI is InChI=1S/C20H17N2OS/c1-2-13-8-9-15-18(11-13)22(12-14-5-4-10-24-14)17-7-3-6-16(19(15)17)20(21)23/h3-8,10-11H,2,12H2,1H3,(H2,21,23). The van der Waals surface area contributed by atoms with Crippen molar-refractivity contribution in [3.05, 3.63) is 69.9 Å². The third-order valence-corrected chi connectivity index (χ3v) is 5.28. The molecule has 0 bridgehead atoms. The van der Waals surface area contributed by atoms with Gasteiger partial charge in [0.15, 0.2) is 0 Å². The fourth-order valence-electron chi connectivity index (χ4n) is 3.24. The Morgan fingerprint density at radius 2 is 2.12 bits per heavy atom. The Hall–Kier alpha value is -2.59. The number of thiophene rings is 1. The Morgan fingerprint density at radius 1 is 1.25 bits per heavy atom. The second-order valence-electron chi connectivity index (χ2n) is 5.85. The van der Waals surface area contributed by atoms with Crippen molar-refractivity contribution in [1.29, 1.82) is 0 Å².